The molecular weight excluding hydrogens is 383 g/mol. The predicted molar refractivity (Wildman–Crippen MR) is 73.3 cm³/mol. The summed E-state index contributed by atoms with van der Waals surface area (Å²) in [6.07, 6.45) is -7.53. The Hall–Kier alpha value is -1.31. The van der Waals surface area contributed by atoms with Crippen molar-refractivity contribution >= 4 is 16.1 Å². The van der Waals surface area contributed by atoms with E-state index in [9.17, 15) is 40.3 Å². The van der Waals surface area contributed by atoms with Crippen LogP contribution in [0.3, 0.4) is 0 Å². The lowest BCUT2D eigenvalue weighted by Gasteiger charge is -2.33. The molecule has 0 saturated heterocycles. The molecule has 0 aliphatic heterocycles. The Balaban J connectivity index is 4.79. The van der Waals surface area contributed by atoms with Crippen molar-refractivity contribution in [2.75, 3.05) is 13.2 Å². The summed E-state index contributed by atoms with van der Waals surface area (Å²) in [6, 6.07) is 0. The molecule has 2 unspecified atom stereocenters. The molecule has 0 saturated carbocycles. The lowest BCUT2D eigenvalue weighted by Crippen LogP contribution is -2.53. The van der Waals surface area contributed by atoms with Gasteiger partial charge in [0.15, 0.2) is 5.60 Å². The van der Waals surface area contributed by atoms with Crippen LogP contribution in [0, 0.1) is 0 Å². The minimum absolute atomic E-state index is 0.389. The molecule has 7 nitrogen and oxygen atoms in total. The van der Waals surface area contributed by atoms with Crippen molar-refractivity contribution in [1.82, 2.24) is 0 Å². The van der Waals surface area contributed by atoms with E-state index in [0.29, 0.717) is 6.92 Å². The van der Waals surface area contributed by atoms with Crippen molar-refractivity contribution in [2.45, 2.75) is 43.4 Å². The highest BCUT2D eigenvalue weighted by Gasteiger charge is 2.56. The van der Waals surface area contributed by atoms with Crippen LogP contribution < -0.4 is 0 Å². The van der Waals surface area contributed by atoms with Gasteiger partial charge in [0.05, 0.1) is 12.2 Å². The van der Waals surface area contributed by atoms with Crippen LogP contribution >= 0.6 is 0 Å². The van der Waals surface area contributed by atoms with E-state index in [-0.39, 0.29) is 0 Å². The van der Waals surface area contributed by atoms with Gasteiger partial charge in [-0.05, 0) is 13.3 Å². The molecule has 25 heavy (non-hydrogen) atoms. The second-order valence-electron chi connectivity index (χ2n) is 5.16. The van der Waals surface area contributed by atoms with Gasteiger partial charge >= 0.3 is 27.5 Å². The lowest BCUT2D eigenvalue weighted by atomic mass is 9.96. The summed E-state index contributed by atoms with van der Waals surface area (Å²) < 4.78 is 101. The Labute approximate surface area is 140 Å². The molecule has 0 aliphatic rings. The number of hydrogen-bond donors (Lipinski definition) is 2. The molecule has 0 aromatic carbocycles. The van der Waals surface area contributed by atoms with Crippen molar-refractivity contribution in [1.29, 1.82) is 0 Å². The fourth-order valence-electron chi connectivity index (χ4n) is 1.42. The third-order valence-electron chi connectivity index (χ3n) is 3.03. The standard InChI is InChI=1S/C12H17F5O7S/c1-4-8(10(3,19)12(15,16)17)24-9(18)7(2)5-23-6-11(13,14)25(20,21)22/h8,19H,2,4-6H2,1,3H3,(H,20,21,22). The number of alkyl halides is 5. The average Bonchev–Trinajstić information content (AvgIpc) is 2.41. The molecule has 0 fully saturated rings. The maximum atomic E-state index is 12.9. The molecule has 0 aromatic rings. The molecule has 148 valence electrons. The quantitative estimate of drug-likeness (QED) is 0.262. The zero-order valence-electron chi connectivity index (χ0n) is 13.1. The first-order chi connectivity index (χ1) is 11.0. The summed E-state index contributed by atoms with van der Waals surface area (Å²) >= 11 is 0. The molecule has 13 heteroatoms. The first kappa shape index (κ1) is 23.7. The summed E-state index contributed by atoms with van der Waals surface area (Å²) in [5, 5.41) is 4.81. The van der Waals surface area contributed by atoms with Crippen molar-refractivity contribution < 1.29 is 54.3 Å². The molecule has 0 heterocycles. The Kier molecular flexibility index (Phi) is 7.51. The minimum atomic E-state index is -5.74. The zero-order chi connectivity index (χ0) is 20.3. The predicted octanol–water partition coefficient (Wildman–Crippen LogP) is 1.67. The zero-order valence-corrected chi connectivity index (χ0v) is 14.0. The van der Waals surface area contributed by atoms with E-state index in [1.807, 2.05) is 0 Å². The number of halogens is 5. The van der Waals surface area contributed by atoms with E-state index < -0.39 is 64.4 Å². The van der Waals surface area contributed by atoms with Gasteiger partial charge in [0.25, 0.3) is 0 Å². The smallest absolute Gasteiger partial charge is 0.420 e. The molecular formula is C12H17F5O7S. The van der Waals surface area contributed by atoms with Gasteiger partial charge in [-0.2, -0.15) is 30.4 Å². The molecule has 0 rings (SSSR count). The maximum absolute atomic E-state index is 12.9. The van der Waals surface area contributed by atoms with Crippen LogP contribution in [0.1, 0.15) is 20.3 Å². The Bertz CT molecular complexity index is 597. The fourth-order valence-corrected chi connectivity index (χ4v) is 1.65. The summed E-state index contributed by atoms with van der Waals surface area (Å²) in [5.74, 6) is -1.47. The highest BCUT2D eigenvalue weighted by Crippen LogP contribution is 2.35. The first-order valence-electron chi connectivity index (χ1n) is 6.57. The number of rotatable bonds is 9. The van der Waals surface area contributed by atoms with E-state index in [1.165, 1.54) is 6.92 Å². The van der Waals surface area contributed by atoms with Gasteiger partial charge in [0, 0.05) is 0 Å². The molecule has 0 amide bonds. The number of aliphatic hydroxyl groups is 1. The van der Waals surface area contributed by atoms with Crippen LogP contribution in [0.2, 0.25) is 0 Å². The molecule has 2 N–H and O–H groups in total. The average molecular weight is 400 g/mol. The number of carbonyl (C=O) groups is 1. The lowest BCUT2D eigenvalue weighted by molar-refractivity contribution is -0.285. The number of ether oxygens (including phenoxy) is 2. The van der Waals surface area contributed by atoms with Crippen molar-refractivity contribution in [3.05, 3.63) is 12.2 Å². The topological polar surface area (TPSA) is 110 Å². The second-order valence-corrected chi connectivity index (χ2v) is 6.70. The highest BCUT2D eigenvalue weighted by atomic mass is 32.2. The van der Waals surface area contributed by atoms with E-state index in [0.717, 1.165) is 0 Å². The van der Waals surface area contributed by atoms with E-state index >= 15 is 0 Å². The Morgan fingerprint density at radius 3 is 2.08 bits per heavy atom. The minimum Gasteiger partial charge on any atom is -0.456 e. The number of carbonyl (C=O) groups excluding carboxylic acids is 1. The Morgan fingerprint density at radius 1 is 1.24 bits per heavy atom. The van der Waals surface area contributed by atoms with Crippen molar-refractivity contribution in [3.63, 3.8) is 0 Å². The summed E-state index contributed by atoms with van der Waals surface area (Å²) in [4.78, 5) is 11.6. The molecule has 0 aliphatic carbocycles. The number of hydrogen-bond acceptors (Lipinski definition) is 6. The van der Waals surface area contributed by atoms with E-state index in [4.69, 9.17) is 4.55 Å². The van der Waals surface area contributed by atoms with E-state index in [2.05, 4.69) is 16.1 Å². The molecule has 0 spiro atoms. The van der Waals surface area contributed by atoms with Gasteiger partial charge in [-0.25, -0.2) is 4.79 Å². The van der Waals surface area contributed by atoms with Gasteiger partial charge < -0.3 is 14.6 Å². The third kappa shape index (κ3) is 6.17. The SMILES string of the molecule is C=C(COCC(F)(F)S(=O)(=O)O)C(=O)OC(CC)C(C)(O)C(F)(F)F. The molecule has 0 radical (unpaired) electrons. The molecule has 0 aromatic heterocycles. The van der Waals surface area contributed by atoms with Crippen molar-refractivity contribution in [3.8, 4) is 0 Å². The summed E-state index contributed by atoms with van der Waals surface area (Å²) in [5.41, 5.74) is -4.07. The normalized spacial score (nSPS) is 16.8. The van der Waals surface area contributed by atoms with Crippen LogP contribution in [0.4, 0.5) is 22.0 Å². The van der Waals surface area contributed by atoms with Gasteiger partial charge in [0.1, 0.15) is 12.7 Å². The van der Waals surface area contributed by atoms with Crippen LogP contribution in [0.5, 0.6) is 0 Å². The van der Waals surface area contributed by atoms with Gasteiger partial charge in [0.2, 0.25) is 0 Å². The second kappa shape index (κ2) is 7.93. The molecule has 0 bridgehead atoms. The highest BCUT2D eigenvalue weighted by molar-refractivity contribution is 7.86. The van der Waals surface area contributed by atoms with E-state index in [1.54, 1.807) is 0 Å². The van der Waals surface area contributed by atoms with Crippen LogP contribution in [-0.2, 0) is 24.4 Å². The fraction of sp³-hybridized carbons (Fsp3) is 0.750. The van der Waals surface area contributed by atoms with Gasteiger partial charge in [-0.1, -0.05) is 13.5 Å². The van der Waals surface area contributed by atoms with Crippen LogP contribution in [-0.4, -0.2) is 60.4 Å². The van der Waals surface area contributed by atoms with Crippen molar-refractivity contribution in [2.24, 2.45) is 0 Å². The van der Waals surface area contributed by atoms with Gasteiger partial charge in [-0.15, -0.1) is 0 Å². The monoisotopic (exact) mass is 400 g/mol. The first-order valence-corrected chi connectivity index (χ1v) is 8.01. The number of esters is 1. The van der Waals surface area contributed by atoms with Crippen LogP contribution in [0.15, 0.2) is 12.2 Å². The Morgan fingerprint density at radius 2 is 1.72 bits per heavy atom. The summed E-state index contributed by atoms with van der Waals surface area (Å²) in [6.45, 7) is 1.81. The summed E-state index contributed by atoms with van der Waals surface area (Å²) in [7, 11) is -5.74. The third-order valence-corrected chi connectivity index (χ3v) is 3.91. The van der Waals surface area contributed by atoms with Crippen LogP contribution in [0.25, 0.3) is 0 Å². The molecule has 2 atom stereocenters. The maximum Gasteiger partial charge on any atom is 0.420 e. The van der Waals surface area contributed by atoms with Gasteiger partial charge in [-0.3, -0.25) is 4.55 Å². The largest absolute Gasteiger partial charge is 0.456 e.